The third kappa shape index (κ3) is 4.38. The second-order valence-electron chi connectivity index (χ2n) is 13.9. The Morgan fingerprint density at radius 3 is 2.27 bits per heavy atom. The molecule has 0 fully saturated rings. The number of benzene rings is 4. The lowest BCUT2D eigenvalue weighted by Crippen LogP contribution is -2.38. The smallest absolute Gasteiger partial charge is 0.227 e. The fourth-order valence-electron chi connectivity index (χ4n) is 8.44. The number of rotatable bonds is 4. The van der Waals surface area contributed by atoms with Crippen molar-refractivity contribution in [1.29, 1.82) is 0 Å². The standard InChI is InChI=1S/C41H34N4O2Si/c1-26-13-14-34-35-19-33(20-36(37-12-5-6-15-42-37)40(35)47-41(34)43-26)46-32-11-7-10-31(18-32)45-25-44(2)38-16-29-23-48(24-30(29)17-39(38)45)21-27-8-3-4-9-28(27)22-48/h3-20H,21-25H2,1-2H3. The van der Waals surface area contributed by atoms with Gasteiger partial charge in [-0.1, -0.05) is 36.4 Å². The van der Waals surface area contributed by atoms with Crippen LogP contribution in [0.25, 0.3) is 33.3 Å². The van der Waals surface area contributed by atoms with E-state index in [1.54, 1.807) is 28.5 Å². The van der Waals surface area contributed by atoms with Crippen LogP contribution in [-0.2, 0) is 24.2 Å². The van der Waals surface area contributed by atoms with Crippen LogP contribution in [0.2, 0.25) is 0 Å². The number of ether oxygens (including phenoxy) is 1. The first kappa shape index (κ1) is 27.7. The molecule has 0 amide bonds. The Labute approximate surface area is 280 Å². The van der Waals surface area contributed by atoms with Crippen LogP contribution in [0.4, 0.5) is 17.1 Å². The monoisotopic (exact) mass is 642 g/mol. The molecule has 7 aromatic rings. The van der Waals surface area contributed by atoms with Crippen molar-refractivity contribution in [1.82, 2.24) is 9.97 Å². The Balaban J connectivity index is 0.990. The highest BCUT2D eigenvalue weighted by atomic mass is 28.3. The number of nitrogens with zero attached hydrogens (tertiary/aromatic N) is 4. The van der Waals surface area contributed by atoms with E-state index in [0.29, 0.717) is 5.71 Å². The van der Waals surface area contributed by atoms with Crippen LogP contribution < -0.4 is 14.5 Å². The van der Waals surface area contributed by atoms with Gasteiger partial charge in [0.2, 0.25) is 5.71 Å². The SMILES string of the molecule is Cc1ccc2c(n1)oc1c(-c3ccccn3)cc(Oc3cccc(N4CN(C)c5cc6c(cc54)C[Si]4(Cc5ccccc5C4)C6)c3)cc12. The van der Waals surface area contributed by atoms with E-state index >= 15 is 0 Å². The maximum atomic E-state index is 6.65. The summed E-state index contributed by atoms with van der Waals surface area (Å²) in [6.45, 7) is 2.78. The van der Waals surface area contributed by atoms with Gasteiger partial charge in [-0.15, -0.1) is 0 Å². The summed E-state index contributed by atoms with van der Waals surface area (Å²) in [6, 6.07) is 41.9. The number of hydrogen-bond donors (Lipinski definition) is 0. The molecular weight excluding hydrogens is 609 g/mol. The summed E-state index contributed by atoms with van der Waals surface area (Å²) in [5, 5.41) is 1.92. The van der Waals surface area contributed by atoms with E-state index in [-0.39, 0.29) is 0 Å². The molecular formula is C41H34N4O2Si. The average molecular weight is 643 g/mol. The summed E-state index contributed by atoms with van der Waals surface area (Å²) in [6.07, 6.45) is 1.80. The first-order valence-corrected chi connectivity index (χ1v) is 19.6. The zero-order valence-electron chi connectivity index (χ0n) is 27.0. The normalized spacial score (nSPS) is 15.8. The van der Waals surface area contributed by atoms with Crippen LogP contribution in [0.1, 0.15) is 27.9 Å². The van der Waals surface area contributed by atoms with Gasteiger partial charge in [-0.3, -0.25) is 4.98 Å². The van der Waals surface area contributed by atoms with Crippen molar-refractivity contribution in [3.8, 4) is 22.8 Å². The molecule has 4 aromatic carbocycles. The predicted octanol–water partition coefficient (Wildman–Crippen LogP) is 9.19. The lowest BCUT2D eigenvalue weighted by Gasteiger charge is -2.21. The van der Waals surface area contributed by atoms with Crippen molar-refractivity contribution in [3.05, 3.63) is 137 Å². The van der Waals surface area contributed by atoms with E-state index in [4.69, 9.17) is 9.15 Å². The van der Waals surface area contributed by atoms with Crippen molar-refractivity contribution in [2.45, 2.75) is 31.1 Å². The lowest BCUT2D eigenvalue weighted by molar-refractivity contribution is 0.483. The molecule has 6 nitrogen and oxygen atoms in total. The molecule has 0 aliphatic carbocycles. The number of furan rings is 1. The van der Waals surface area contributed by atoms with Crippen LogP contribution in [0.15, 0.2) is 114 Å². The third-order valence-electron chi connectivity index (χ3n) is 10.6. The van der Waals surface area contributed by atoms with Gasteiger partial charge in [0.15, 0.2) is 0 Å². The highest BCUT2D eigenvalue weighted by Crippen LogP contribution is 2.47. The van der Waals surface area contributed by atoms with E-state index in [0.717, 1.165) is 57.2 Å². The van der Waals surface area contributed by atoms with Crippen LogP contribution >= 0.6 is 0 Å². The first-order valence-electron chi connectivity index (χ1n) is 16.7. The fourth-order valence-corrected chi connectivity index (χ4v) is 13.8. The van der Waals surface area contributed by atoms with Crippen molar-refractivity contribution >= 4 is 47.2 Å². The minimum atomic E-state index is -1.42. The molecule has 48 heavy (non-hydrogen) atoms. The number of fused-ring (bicyclic) bond motifs is 6. The molecule has 234 valence electrons. The minimum Gasteiger partial charge on any atom is -0.457 e. The molecule has 3 aliphatic heterocycles. The van der Waals surface area contributed by atoms with Crippen molar-refractivity contribution in [2.75, 3.05) is 23.5 Å². The Morgan fingerprint density at radius 2 is 1.48 bits per heavy atom. The summed E-state index contributed by atoms with van der Waals surface area (Å²) in [4.78, 5) is 14.1. The van der Waals surface area contributed by atoms with Gasteiger partial charge in [-0.25, -0.2) is 4.98 Å². The Hall–Kier alpha value is -5.40. The average Bonchev–Trinajstić information content (AvgIpc) is 3.84. The number of aromatic nitrogens is 2. The Bertz CT molecular complexity index is 2400. The molecule has 1 spiro atoms. The number of anilines is 3. The Morgan fingerprint density at radius 1 is 0.708 bits per heavy atom. The molecule has 10 rings (SSSR count). The molecule has 3 aromatic heterocycles. The van der Waals surface area contributed by atoms with E-state index in [2.05, 4.69) is 93.5 Å². The minimum absolute atomic E-state index is 0.621. The van der Waals surface area contributed by atoms with Gasteiger partial charge < -0.3 is 19.0 Å². The van der Waals surface area contributed by atoms with E-state index in [1.165, 1.54) is 35.6 Å². The maximum Gasteiger partial charge on any atom is 0.227 e. The highest BCUT2D eigenvalue weighted by Gasteiger charge is 2.44. The lowest BCUT2D eigenvalue weighted by atomic mass is 10.1. The van der Waals surface area contributed by atoms with Crippen LogP contribution in [0.3, 0.4) is 0 Å². The van der Waals surface area contributed by atoms with Gasteiger partial charge >= 0.3 is 0 Å². The van der Waals surface area contributed by atoms with Gasteiger partial charge in [-0.05, 0) is 114 Å². The number of hydrogen-bond acceptors (Lipinski definition) is 6. The van der Waals surface area contributed by atoms with E-state index < -0.39 is 8.07 Å². The molecule has 0 saturated heterocycles. The van der Waals surface area contributed by atoms with Gasteiger partial charge in [0, 0.05) is 47.0 Å². The zero-order valence-corrected chi connectivity index (χ0v) is 28.0. The molecule has 0 saturated carbocycles. The van der Waals surface area contributed by atoms with E-state index in [1.807, 2.05) is 43.3 Å². The predicted molar refractivity (Wildman–Crippen MR) is 195 cm³/mol. The molecule has 0 atom stereocenters. The second-order valence-corrected chi connectivity index (χ2v) is 18.3. The summed E-state index contributed by atoms with van der Waals surface area (Å²) >= 11 is 0. The third-order valence-corrected chi connectivity index (χ3v) is 15.1. The zero-order chi connectivity index (χ0) is 32.0. The van der Waals surface area contributed by atoms with Gasteiger partial charge in [0.1, 0.15) is 17.1 Å². The summed E-state index contributed by atoms with van der Waals surface area (Å²) < 4.78 is 13.0. The summed E-state index contributed by atoms with van der Waals surface area (Å²) in [5.41, 5.74) is 14.1. The largest absolute Gasteiger partial charge is 0.457 e. The number of aryl methyl sites for hydroxylation is 1. The molecule has 0 N–H and O–H groups in total. The van der Waals surface area contributed by atoms with Gasteiger partial charge in [0.05, 0.1) is 31.8 Å². The van der Waals surface area contributed by atoms with E-state index in [9.17, 15) is 0 Å². The Kier molecular flexibility index (Phi) is 5.94. The molecule has 0 radical (unpaired) electrons. The maximum absolute atomic E-state index is 6.65. The second kappa shape index (κ2) is 10.3. The number of pyridine rings is 2. The topological polar surface area (TPSA) is 54.6 Å². The molecule has 7 heteroatoms. The van der Waals surface area contributed by atoms with Gasteiger partial charge in [0.25, 0.3) is 0 Å². The fraction of sp³-hybridized carbons (Fsp3) is 0.171. The van der Waals surface area contributed by atoms with Crippen LogP contribution in [0.5, 0.6) is 11.5 Å². The van der Waals surface area contributed by atoms with Crippen molar-refractivity contribution in [2.24, 2.45) is 0 Å². The van der Waals surface area contributed by atoms with Crippen molar-refractivity contribution in [3.63, 3.8) is 0 Å². The quantitative estimate of drug-likeness (QED) is 0.179. The summed E-state index contributed by atoms with van der Waals surface area (Å²) in [7, 11) is 0.783. The van der Waals surface area contributed by atoms with Crippen molar-refractivity contribution < 1.29 is 9.15 Å². The molecule has 3 aliphatic rings. The molecule has 0 bridgehead atoms. The highest BCUT2D eigenvalue weighted by molar-refractivity contribution is 6.79. The molecule has 6 heterocycles. The summed E-state index contributed by atoms with van der Waals surface area (Å²) in [5.74, 6) is 1.51. The van der Waals surface area contributed by atoms with Gasteiger partial charge in [-0.2, -0.15) is 0 Å². The first-order chi connectivity index (χ1) is 23.5. The van der Waals surface area contributed by atoms with Crippen LogP contribution in [0, 0.1) is 6.92 Å². The van der Waals surface area contributed by atoms with Crippen LogP contribution in [-0.4, -0.2) is 31.8 Å². The molecule has 0 unspecified atom stereocenters.